The van der Waals surface area contributed by atoms with E-state index in [-0.39, 0.29) is 17.8 Å². The van der Waals surface area contributed by atoms with Crippen molar-refractivity contribution in [2.75, 3.05) is 32.8 Å². The van der Waals surface area contributed by atoms with Crippen molar-refractivity contribution in [2.45, 2.75) is 6.04 Å². The lowest BCUT2D eigenvalue weighted by Crippen LogP contribution is -2.43. The third-order valence-electron chi connectivity index (χ3n) is 3.84. The van der Waals surface area contributed by atoms with E-state index in [0.29, 0.717) is 25.5 Å². The van der Waals surface area contributed by atoms with Crippen molar-refractivity contribution in [3.63, 3.8) is 0 Å². The number of nitrogens with zero attached hydrogens (tertiary/aromatic N) is 2. The molecule has 5 nitrogen and oxygen atoms in total. The van der Waals surface area contributed by atoms with Crippen molar-refractivity contribution in [3.8, 4) is 0 Å². The molecule has 1 aromatic heterocycles. The van der Waals surface area contributed by atoms with Crippen molar-refractivity contribution >= 4 is 17.2 Å². The van der Waals surface area contributed by atoms with Crippen LogP contribution in [0.5, 0.6) is 0 Å². The maximum atomic E-state index is 13.6. The zero-order valence-electron chi connectivity index (χ0n) is 12.6. The van der Waals surface area contributed by atoms with Crippen LogP contribution in [0.3, 0.4) is 0 Å². The Morgan fingerprint density at radius 2 is 2.26 bits per heavy atom. The quantitative estimate of drug-likeness (QED) is 0.909. The second-order valence-corrected chi connectivity index (χ2v) is 6.02. The van der Waals surface area contributed by atoms with Gasteiger partial charge < -0.3 is 10.1 Å². The molecule has 1 aromatic carbocycles. The molecule has 1 aliphatic heterocycles. The number of carbonyl (C=O) groups is 1. The highest BCUT2D eigenvalue weighted by Crippen LogP contribution is 2.22. The molecule has 1 N–H and O–H groups in total. The molecule has 0 spiro atoms. The summed E-state index contributed by atoms with van der Waals surface area (Å²) in [5.74, 6) is -0.479. The molecule has 1 fully saturated rings. The highest BCUT2D eigenvalue weighted by molar-refractivity contribution is 7.07. The Morgan fingerprint density at radius 3 is 2.96 bits per heavy atom. The molecule has 122 valence electrons. The van der Waals surface area contributed by atoms with E-state index in [1.807, 2.05) is 6.07 Å². The Bertz CT molecular complexity index is 645. The van der Waals surface area contributed by atoms with E-state index in [4.69, 9.17) is 4.74 Å². The van der Waals surface area contributed by atoms with Crippen LogP contribution in [-0.4, -0.2) is 48.6 Å². The highest BCUT2D eigenvalue weighted by Gasteiger charge is 2.24. The van der Waals surface area contributed by atoms with E-state index in [2.05, 4.69) is 15.2 Å². The molecule has 1 atom stereocenters. The molecule has 2 heterocycles. The van der Waals surface area contributed by atoms with Gasteiger partial charge >= 0.3 is 0 Å². The average molecular weight is 335 g/mol. The SMILES string of the molecule is O=C(NC[C@H](c1cccc(F)c1)N1CCOCC1)c1cscn1. The van der Waals surface area contributed by atoms with Crippen molar-refractivity contribution < 1.29 is 13.9 Å². The Kier molecular flexibility index (Phi) is 5.32. The third-order valence-corrected chi connectivity index (χ3v) is 4.43. The van der Waals surface area contributed by atoms with Gasteiger partial charge in [0.15, 0.2) is 0 Å². The maximum Gasteiger partial charge on any atom is 0.270 e. The van der Waals surface area contributed by atoms with E-state index in [1.54, 1.807) is 17.0 Å². The Morgan fingerprint density at radius 1 is 1.43 bits per heavy atom. The van der Waals surface area contributed by atoms with Gasteiger partial charge in [0.1, 0.15) is 11.5 Å². The number of halogens is 1. The van der Waals surface area contributed by atoms with E-state index >= 15 is 0 Å². The molecule has 1 aliphatic rings. The molecule has 0 bridgehead atoms. The monoisotopic (exact) mass is 335 g/mol. The number of benzene rings is 1. The lowest BCUT2D eigenvalue weighted by Gasteiger charge is -2.34. The van der Waals surface area contributed by atoms with Gasteiger partial charge in [-0.25, -0.2) is 9.37 Å². The van der Waals surface area contributed by atoms with Gasteiger partial charge in [0.05, 0.1) is 24.8 Å². The predicted octanol–water partition coefficient (Wildman–Crippen LogP) is 2.09. The fourth-order valence-corrected chi connectivity index (χ4v) is 3.20. The van der Waals surface area contributed by atoms with Gasteiger partial charge in [-0.15, -0.1) is 11.3 Å². The molecule has 0 saturated carbocycles. The fourth-order valence-electron chi connectivity index (χ4n) is 2.67. The van der Waals surface area contributed by atoms with Crippen LogP contribution in [0.15, 0.2) is 35.2 Å². The van der Waals surface area contributed by atoms with Crippen LogP contribution in [0, 0.1) is 5.82 Å². The van der Waals surface area contributed by atoms with Gasteiger partial charge in [-0.2, -0.15) is 0 Å². The van der Waals surface area contributed by atoms with E-state index in [1.165, 1.54) is 23.5 Å². The van der Waals surface area contributed by atoms with Gasteiger partial charge in [-0.3, -0.25) is 9.69 Å². The normalized spacial score (nSPS) is 16.9. The Labute approximate surface area is 138 Å². The minimum atomic E-state index is -0.272. The third kappa shape index (κ3) is 4.13. The second kappa shape index (κ2) is 7.63. The van der Waals surface area contributed by atoms with Crippen LogP contribution in [-0.2, 0) is 4.74 Å². The number of morpholine rings is 1. The van der Waals surface area contributed by atoms with Gasteiger partial charge in [-0.05, 0) is 17.7 Å². The van der Waals surface area contributed by atoms with Gasteiger partial charge in [0, 0.05) is 25.0 Å². The summed E-state index contributed by atoms with van der Waals surface area (Å²) in [5.41, 5.74) is 2.89. The highest BCUT2D eigenvalue weighted by atomic mass is 32.1. The van der Waals surface area contributed by atoms with Crippen LogP contribution in [0.25, 0.3) is 0 Å². The largest absolute Gasteiger partial charge is 0.379 e. The maximum absolute atomic E-state index is 13.6. The van der Waals surface area contributed by atoms with Crippen molar-refractivity contribution in [3.05, 3.63) is 52.2 Å². The lowest BCUT2D eigenvalue weighted by atomic mass is 10.0. The van der Waals surface area contributed by atoms with Crippen molar-refractivity contribution in [1.29, 1.82) is 0 Å². The summed E-state index contributed by atoms with van der Waals surface area (Å²) in [6.07, 6.45) is 0. The minimum absolute atomic E-state index is 0.0859. The predicted molar refractivity (Wildman–Crippen MR) is 86.0 cm³/mol. The molecule has 23 heavy (non-hydrogen) atoms. The minimum Gasteiger partial charge on any atom is -0.379 e. The van der Waals surface area contributed by atoms with E-state index in [0.717, 1.165) is 18.7 Å². The standard InChI is InChI=1S/C16H18FN3O2S/c17-13-3-1-2-12(8-13)15(20-4-6-22-7-5-20)9-18-16(21)14-10-23-11-19-14/h1-3,8,10-11,15H,4-7,9H2,(H,18,21)/t15-/m1/s1. The first-order chi connectivity index (χ1) is 11.2. The van der Waals surface area contributed by atoms with Gasteiger partial charge in [-0.1, -0.05) is 12.1 Å². The number of aromatic nitrogens is 1. The van der Waals surface area contributed by atoms with Crippen LogP contribution >= 0.6 is 11.3 Å². The van der Waals surface area contributed by atoms with E-state index in [9.17, 15) is 9.18 Å². The summed E-state index contributed by atoms with van der Waals surface area (Å²) in [7, 11) is 0. The number of carbonyl (C=O) groups excluding carboxylic acids is 1. The van der Waals surface area contributed by atoms with Crippen LogP contribution < -0.4 is 5.32 Å². The van der Waals surface area contributed by atoms with Gasteiger partial charge in [0.2, 0.25) is 0 Å². The van der Waals surface area contributed by atoms with Crippen LogP contribution in [0.4, 0.5) is 4.39 Å². The summed E-state index contributed by atoms with van der Waals surface area (Å²) in [4.78, 5) is 18.3. The summed E-state index contributed by atoms with van der Waals surface area (Å²) >= 11 is 1.38. The zero-order valence-corrected chi connectivity index (χ0v) is 13.4. The molecule has 1 saturated heterocycles. The van der Waals surface area contributed by atoms with E-state index < -0.39 is 0 Å². The topological polar surface area (TPSA) is 54.5 Å². The molecule has 3 rings (SSSR count). The lowest BCUT2D eigenvalue weighted by molar-refractivity contribution is 0.0161. The number of rotatable bonds is 5. The first-order valence-corrected chi connectivity index (χ1v) is 8.42. The van der Waals surface area contributed by atoms with Crippen LogP contribution in [0.2, 0.25) is 0 Å². The van der Waals surface area contributed by atoms with Gasteiger partial charge in [0.25, 0.3) is 5.91 Å². The van der Waals surface area contributed by atoms with Crippen molar-refractivity contribution in [1.82, 2.24) is 15.2 Å². The Balaban J connectivity index is 1.73. The number of amides is 1. The van der Waals surface area contributed by atoms with Crippen molar-refractivity contribution in [2.24, 2.45) is 0 Å². The average Bonchev–Trinajstić information content (AvgIpc) is 3.10. The molecular weight excluding hydrogens is 317 g/mol. The zero-order chi connectivity index (χ0) is 16.1. The smallest absolute Gasteiger partial charge is 0.270 e. The fraction of sp³-hybridized carbons (Fsp3) is 0.375. The summed E-state index contributed by atoms with van der Waals surface area (Å²) in [5, 5.41) is 4.61. The molecule has 2 aromatic rings. The molecule has 0 aliphatic carbocycles. The summed E-state index contributed by atoms with van der Waals surface area (Å²) in [6, 6.07) is 6.44. The number of nitrogens with one attached hydrogen (secondary N) is 1. The molecule has 0 unspecified atom stereocenters. The Hall–Kier alpha value is -1.83. The van der Waals surface area contributed by atoms with Crippen LogP contribution in [0.1, 0.15) is 22.1 Å². The molecular formula is C16H18FN3O2S. The molecule has 0 radical (unpaired) electrons. The molecule has 1 amide bonds. The molecule has 7 heteroatoms. The first-order valence-electron chi connectivity index (χ1n) is 7.47. The number of hydrogen-bond donors (Lipinski definition) is 1. The number of thiazole rings is 1. The number of ether oxygens (including phenoxy) is 1. The number of hydrogen-bond acceptors (Lipinski definition) is 5. The summed E-state index contributed by atoms with van der Waals surface area (Å²) < 4.78 is 19.0. The first kappa shape index (κ1) is 16.0. The summed E-state index contributed by atoms with van der Waals surface area (Å²) in [6.45, 7) is 3.21. The second-order valence-electron chi connectivity index (χ2n) is 5.30.